The Balaban J connectivity index is 1.24. The lowest BCUT2D eigenvalue weighted by atomic mass is 9.43. The smallest absolute Gasteiger partial charge is 0.333 e. The molecule has 0 fully saturated rings. The van der Waals surface area contributed by atoms with Gasteiger partial charge in [-0.05, 0) is 98.9 Å². The van der Waals surface area contributed by atoms with E-state index in [0.717, 1.165) is 50.3 Å². The normalized spacial score (nSPS) is 17.6. The Labute approximate surface area is 346 Å². The lowest BCUT2D eigenvalue weighted by molar-refractivity contribution is 0.332. The minimum absolute atomic E-state index is 0.0465. The molecule has 1 aliphatic carbocycles. The predicted octanol–water partition coefficient (Wildman–Crippen LogP) is 12.0. The Morgan fingerprint density at radius 2 is 1.24 bits per heavy atom. The van der Waals surface area contributed by atoms with Gasteiger partial charge in [-0.3, -0.25) is 0 Å². The van der Waals surface area contributed by atoms with Crippen LogP contribution in [-0.4, -0.2) is 14.9 Å². The van der Waals surface area contributed by atoms with Crippen molar-refractivity contribution in [3.05, 3.63) is 138 Å². The minimum Gasteiger partial charge on any atom is -0.456 e. The van der Waals surface area contributed by atoms with Gasteiger partial charge < -0.3 is 18.5 Å². The van der Waals surface area contributed by atoms with Crippen LogP contribution < -0.4 is 31.0 Å². The number of hydrogen-bond donors (Lipinski definition) is 0. The second-order valence-corrected chi connectivity index (χ2v) is 23.9. The molecule has 0 radical (unpaired) electrons. The van der Waals surface area contributed by atoms with Gasteiger partial charge in [0, 0.05) is 67.2 Å². The first-order valence-electron chi connectivity index (χ1n) is 21.3. The molecule has 59 heavy (non-hydrogen) atoms. The topological polar surface area (TPSA) is 32.8 Å². The molecule has 6 heteroatoms. The molecule has 4 nitrogen and oxygen atoms in total. The Morgan fingerprint density at radius 3 is 2.02 bits per heavy atom. The molecule has 0 N–H and O–H groups in total. The standard InChI is InChI=1S/C53H45BN2O2Si/c1-30-25-36-37(53(4,5)24-23-52(36,2)3)28-40(30)55-41-29-45-34(31-15-8-11-19-43(31)57-45)26-38(41)54-49-42(55)27-35-32-16-9-12-20-44(32)58-51(35)48(49)33-17-14-22-47-50(33)56(54)39-18-10-13-21-46(39)59(47,6)7/h8-22,25-29H,23-24H2,1-7H3. The van der Waals surface area contributed by atoms with Crippen molar-refractivity contribution in [1.82, 2.24) is 0 Å². The third-order valence-corrected chi connectivity index (χ3v) is 18.5. The molecule has 3 aliphatic heterocycles. The van der Waals surface area contributed by atoms with Crippen molar-refractivity contribution in [2.24, 2.45) is 0 Å². The maximum atomic E-state index is 7.08. The minimum atomic E-state index is -2.12. The Kier molecular flexibility index (Phi) is 6.32. The molecule has 0 unspecified atom stereocenters. The zero-order chi connectivity index (χ0) is 39.9. The third-order valence-electron chi connectivity index (χ3n) is 15.0. The number of rotatable bonds is 1. The summed E-state index contributed by atoms with van der Waals surface area (Å²) in [5.74, 6) is 0. The van der Waals surface area contributed by atoms with Gasteiger partial charge in [0.25, 0.3) is 0 Å². The summed E-state index contributed by atoms with van der Waals surface area (Å²) < 4.78 is 13.8. The van der Waals surface area contributed by atoms with E-state index in [1.54, 1.807) is 0 Å². The van der Waals surface area contributed by atoms with Crippen LogP contribution in [0.25, 0.3) is 55.0 Å². The van der Waals surface area contributed by atoms with Gasteiger partial charge in [-0.25, -0.2) is 0 Å². The van der Waals surface area contributed by atoms with Gasteiger partial charge in [0.15, 0.2) is 0 Å². The van der Waals surface area contributed by atoms with E-state index in [4.69, 9.17) is 8.83 Å². The summed E-state index contributed by atoms with van der Waals surface area (Å²) in [6.45, 7) is 17.0. The highest BCUT2D eigenvalue weighted by molar-refractivity contribution is 7.05. The van der Waals surface area contributed by atoms with Crippen LogP contribution in [0.1, 0.15) is 57.2 Å². The first-order valence-corrected chi connectivity index (χ1v) is 24.3. The van der Waals surface area contributed by atoms with Crippen LogP contribution in [0.2, 0.25) is 13.1 Å². The Morgan fingerprint density at radius 1 is 0.576 bits per heavy atom. The highest BCUT2D eigenvalue weighted by Crippen LogP contribution is 2.54. The third kappa shape index (κ3) is 4.20. The van der Waals surface area contributed by atoms with E-state index in [0.29, 0.717) is 0 Å². The average Bonchev–Trinajstić information content (AvgIpc) is 3.79. The lowest BCUT2D eigenvalue weighted by Crippen LogP contribution is -2.68. The molecule has 0 bridgehead atoms. The highest BCUT2D eigenvalue weighted by atomic mass is 28.3. The van der Waals surface area contributed by atoms with Gasteiger partial charge in [-0.2, -0.15) is 0 Å². The Bertz CT molecular complexity index is 3370. The fraction of sp³-hybridized carbons (Fsp3) is 0.208. The maximum absolute atomic E-state index is 7.08. The van der Waals surface area contributed by atoms with Crippen LogP contribution in [0.15, 0.2) is 130 Å². The largest absolute Gasteiger partial charge is 0.456 e. The van der Waals surface area contributed by atoms with Gasteiger partial charge in [-0.15, -0.1) is 0 Å². The van der Waals surface area contributed by atoms with Crippen molar-refractivity contribution in [2.45, 2.75) is 71.4 Å². The summed E-state index contributed by atoms with van der Waals surface area (Å²) in [5, 5.41) is 7.56. The zero-order valence-electron chi connectivity index (χ0n) is 34.7. The first-order chi connectivity index (χ1) is 28.4. The average molecular weight is 781 g/mol. The van der Waals surface area contributed by atoms with E-state index in [1.165, 1.54) is 84.0 Å². The molecule has 0 amide bonds. The Hall–Kier alpha value is -5.98. The summed E-state index contributed by atoms with van der Waals surface area (Å²) in [5.41, 5.74) is 19.4. The zero-order valence-corrected chi connectivity index (χ0v) is 35.7. The van der Waals surface area contributed by atoms with Gasteiger partial charge in [0.05, 0.1) is 0 Å². The summed E-state index contributed by atoms with van der Waals surface area (Å²) >= 11 is 0. The molecular formula is C53H45BN2O2Si. The molecule has 2 aromatic heterocycles. The summed E-state index contributed by atoms with van der Waals surface area (Å²) in [6.07, 6.45) is 2.34. The summed E-state index contributed by atoms with van der Waals surface area (Å²) in [7, 11) is -2.12. The number of furan rings is 2. The maximum Gasteiger partial charge on any atom is 0.333 e. The summed E-state index contributed by atoms with van der Waals surface area (Å²) in [4.78, 5) is 5.32. The quantitative estimate of drug-likeness (QED) is 0.155. The number of hydrogen-bond acceptors (Lipinski definition) is 4. The van der Waals surface area contributed by atoms with Crippen molar-refractivity contribution < 1.29 is 8.83 Å². The lowest BCUT2D eigenvalue weighted by Gasteiger charge is -2.51. The van der Waals surface area contributed by atoms with E-state index in [9.17, 15) is 0 Å². The molecule has 4 aliphatic rings. The van der Waals surface area contributed by atoms with Crippen molar-refractivity contribution in [3.63, 3.8) is 0 Å². The van der Waals surface area contributed by atoms with Crippen LogP contribution in [0.5, 0.6) is 0 Å². The molecule has 0 saturated carbocycles. The van der Waals surface area contributed by atoms with Crippen molar-refractivity contribution >= 4 is 109 Å². The number of benzene rings is 7. The number of anilines is 5. The predicted molar refractivity (Wildman–Crippen MR) is 251 cm³/mol. The molecular weight excluding hydrogens is 735 g/mol. The molecule has 5 heterocycles. The number of para-hydroxylation sites is 4. The van der Waals surface area contributed by atoms with Gasteiger partial charge in [-0.1, -0.05) is 126 Å². The van der Waals surface area contributed by atoms with Crippen LogP contribution >= 0.6 is 0 Å². The summed E-state index contributed by atoms with van der Waals surface area (Å²) in [6, 6.07) is 45.8. The fourth-order valence-electron chi connectivity index (χ4n) is 11.8. The van der Waals surface area contributed by atoms with Crippen LogP contribution in [0.3, 0.4) is 0 Å². The van der Waals surface area contributed by atoms with Crippen LogP contribution in [0, 0.1) is 6.92 Å². The second kappa shape index (κ2) is 11.0. The van der Waals surface area contributed by atoms with Gasteiger partial charge >= 0.3 is 6.85 Å². The van der Waals surface area contributed by atoms with Crippen molar-refractivity contribution in [2.75, 3.05) is 9.71 Å². The second-order valence-electron chi connectivity index (χ2n) is 19.6. The first kappa shape index (κ1) is 33.9. The molecule has 13 rings (SSSR count). The molecule has 7 aromatic carbocycles. The molecule has 0 spiro atoms. The van der Waals surface area contributed by atoms with Crippen molar-refractivity contribution in [3.8, 4) is 11.1 Å². The van der Waals surface area contributed by atoms with Crippen LogP contribution in [-0.2, 0) is 10.8 Å². The highest BCUT2D eigenvalue weighted by Gasteiger charge is 2.52. The molecule has 9 aromatic rings. The van der Waals surface area contributed by atoms with Crippen LogP contribution in [0.4, 0.5) is 28.4 Å². The fourth-order valence-corrected chi connectivity index (χ4v) is 14.8. The molecule has 0 saturated heterocycles. The van der Waals surface area contributed by atoms with Crippen molar-refractivity contribution in [1.29, 1.82) is 0 Å². The number of fused-ring (bicyclic) bond motifs is 14. The number of aryl methyl sites for hydroxylation is 1. The SMILES string of the molecule is Cc1cc2c(cc1N1c3cc4oc5ccccc5c4cc3B3c4c1cc1c(oc5ccccc51)c4-c1cccc4c1N3c1ccccc1[Si]4(C)C)C(C)(C)CCC2(C)C. The molecule has 286 valence electrons. The van der Waals surface area contributed by atoms with Gasteiger partial charge in [0.1, 0.15) is 30.4 Å². The van der Waals surface area contributed by atoms with E-state index in [2.05, 4.69) is 179 Å². The van der Waals surface area contributed by atoms with E-state index in [1.807, 2.05) is 0 Å². The van der Waals surface area contributed by atoms with Gasteiger partial charge in [0.2, 0.25) is 0 Å². The molecule has 0 atom stereocenters. The van der Waals surface area contributed by atoms with E-state index < -0.39 is 8.07 Å². The van der Waals surface area contributed by atoms with E-state index >= 15 is 0 Å². The number of nitrogens with zero attached hydrogens (tertiary/aromatic N) is 2. The monoisotopic (exact) mass is 780 g/mol. The van der Waals surface area contributed by atoms with E-state index in [-0.39, 0.29) is 17.7 Å².